The summed E-state index contributed by atoms with van der Waals surface area (Å²) in [4.78, 5) is 0. The lowest BCUT2D eigenvalue weighted by atomic mass is 10.4. The number of ether oxygens (including phenoxy) is 1. The van der Waals surface area contributed by atoms with Crippen molar-refractivity contribution in [1.29, 1.82) is 0 Å². The number of methoxy groups -OCH3 is 1. The van der Waals surface area contributed by atoms with Crippen LogP contribution < -0.4 is 0 Å². The molecule has 0 fully saturated rings. The molecule has 0 aliphatic heterocycles. The molecule has 0 spiro atoms. The van der Waals surface area contributed by atoms with Gasteiger partial charge in [-0.2, -0.15) is 0 Å². The van der Waals surface area contributed by atoms with Crippen LogP contribution in [0.4, 0.5) is 0 Å². The van der Waals surface area contributed by atoms with Gasteiger partial charge in [0, 0.05) is 13.7 Å². The standard InChI is InChI=1S/C4H10O.C3H8O2/c1-2-3-4-5;1-5-3-2-4/h5H,2-4H2,1H3;4H,2-3H2,1H3. The van der Waals surface area contributed by atoms with Crippen LogP contribution in [-0.2, 0) is 4.74 Å². The summed E-state index contributed by atoms with van der Waals surface area (Å²) in [5.74, 6) is 0. The lowest BCUT2D eigenvalue weighted by Gasteiger charge is -1.84. The first-order chi connectivity index (χ1) is 4.83. The summed E-state index contributed by atoms with van der Waals surface area (Å²) in [5, 5.41) is 16.0. The third-order valence-corrected chi connectivity index (χ3v) is 0.807. The van der Waals surface area contributed by atoms with Crippen LogP contribution in [0.25, 0.3) is 0 Å². The van der Waals surface area contributed by atoms with E-state index in [1.54, 1.807) is 7.11 Å². The second-order valence-corrected chi connectivity index (χ2v) is 1.79. The Kier molecular flexibility index (Phi) is 20.0. The summed E-state index contributed by atoms with van der Waals surface area (Å²) in [6.07, 6.45) is 2.04. The molecule has 0 amide bonds. The Bertz CT molecular complexity index is 29.8. The van der Waals surface area contributed by atoms with Crippen molar-refractivity contribution in [2.75, 3.05) is 26.9 Å². The molecule has 0 atom stereocenters. The molecule has 0 aliphatic carbocycles. The summed E-state index contributed by atoms with van der Waals surface area (Å²) >= 11 is 0. The Morgan fingerprint density at radius 1 is 1.20 bits per heavy atom. The van der Waals surface area contributed by atoms with Gasteiger partial charge < -0.3 is 14.9 Å². The highest BCUT2D eigenvalue weighted by Gasteiger charge is 1.69. The van der Waals surface area contributed by atoms with Gasteiger partial charge in [-0.05, 0) is 6.42 Å². The van der Waals surface area contributed by atoms with Gasteiger partial charge in [0.2, 0.25) is 0 Å². The first-order valence-electron chi connectivity index (χ1n) is 3.54. The average molecular weight is 150 g/mol. The number of unbranched alkanes of at least 4 members (excludes halogenated alkanes) is 1. The number of hydrogen-bond donors (Lipinski definition) is 2. The van der Waals surface area contributed by atoms with E-state index in [0.29, 0.717) is 13.2 Å². The van der Waals surface area contributed by atoms with Crippen molar-refractivity contribution >= 4 is 0 Å². The topological polar surface area (TPSA) is 49.7 Å². The predicted molar refractivity (Wildman–Crippen MR) is 41.0 cm³/mol. The van der Waals surface area contributed by atoms with E-state index >= 15 is 0 Å². The van der Waals surface area contributed by atoms with E-state index in [1.807, 2.05) is 0 Å². The molecule has 0 aliphatic rings. The molecule has 0 saturated carbocycles. The molecular weight excluding hydrogens is 132 g/mol. The maximum atomic E-state index is 8.07. The summed E-state index contributed by atoms with van der Waals surface area (Å²) < 4.78 is 4.44. The van der Waals surface area contributed by atoms with Crippen molar-refractivity contribution in [2.45, 2.75) is 19.8 Å². The largest absolute Gasteiger partial charge is 0.396 e. The second-order valence-electron chi connectivity index (χ2n) is 1.79. The van der Waals surface area contributed by atoms with Gasteiger partial charge in [0.05, 0.1) is 13.2 Å². The zero-order valence-corrected chi connectivity index (χ0v) is 6.84. The molecule has 0 unspecified atom stereocenters. The quantitative estimate of drug-likeness (QED) is 0.610. The van der Waals surface area contributed by atoms with Crippen LogP contribution in [0.3, 0.4) is 0 Å². The maximum Gasteiger partial charge on any atom is 0.0693 e. The predicted octanol–water partition coefficient (Wildman–Crippen LogP) is 0.404. The van der Waals surface area contributed by atoms with Crippen molar-refractivity contribution in [3.05, 3.63) is 0 Å². The molecule has 3 heteroatoms. The Balaban J connectivity index is 0. The Hall–Kier alpha value is -0.120. The van der Waals surface area contributed by atoms with Crippen LogP contribution in [0.1, 0.15) is 19.8 Å². The molecule has 0 aromatic heterocycles. The molecule has 0 aromatic rings. The number of aliphatic hydroxyl groups is 2. The van der Waals surface area contributed by atoms with Crippen molar-refractivity contribution in [3.63, 3.8) is 0 Å². The molecule has 2 N–H and O–H groups in total. The molecule has 0 radical (unpaired) electrons. The van der Waals surface area contributed by atoms with Crippen molar-refractivity contribution in [1.82, 2.24) is 0 Å². The van der Waals surface area contributed by atoms with E-state index in [-0.39, 0.29) is 6.61 Å². The van der Waals surface area contributed by atoms with Gasteiger partial charge in [-0.15, -0.1) is 0 Å². The molecule has 0 rings (SSSR count). The number of hydrogen-bond acceptors (Lipinski definition) is 3. The Labute approximate surface area is 62.6 Å². The van der Waals surface area contributed by atoms with Crippen molar-refractivity contribution in [2.24, 2.45) is 0 Å². The highest BCUT2D eigenvalue weighted by atomic mass is 16.5. The van der Waals surface area contributed by atoms with Gasteiger partial charge in [0.1, 0.15) is 0 Å². The third-order valence-electron chi connectivity index (χ3n) is 0.807. The summed E-state index contributed by atoms with van der Waals surface area (Å²) in [6, 6.07) is 0. The van der Waals surface area contributed by atoms with Crippen molar-refractivity contribution in [3.8, 4) is 0 Å². The minimum Gasteiger partial charge on any atom is -0.396 e. The summed E-state index contributed by atoms with van der Waals surface area (Å²) in [7, 11) is 1.55. The maximum absolute atomic E-state index is 8.07. The first kappa shape index (κ1) is 12.5. The van der Waals surface area contributed by atoms with Gasteiger partial charge in [0.25, 0.3) is 0 Å². The van der Waals surface area contributed by atoms with Crippen LogP contribution in [0.5, 0.6) is 0 Å². The van der Waals surface area contributed by atoms with Gasteiger partial charge in [-0.1, -0.05) is 13.3 Å². The average Bonchev–Trinajstić information content (AvgIpc) is 1.93. The smallest absolute Gasteiger partial charge is 0.0693 e. The first-order valence-corrected chi connectivity index (χ1v) is 3.54. The zero-order chi connectivity index (χ0) is 8.24. The highest BCUT2D eigenvalue weighted by molar-refractivity contribution is 4.23. The van der Waals surface area contributed by atoms with Crippen LogP contribution in [0, 0.1) is 0 Å². The second kappa shape index (κ2) is 15.9. The van der Waals surface area contributed by atoms with E-state index in [9.17, 15) is 0 Å². The zero-order valence-electron chi connectivity index (χ0n) is 6.84. The molecule has 0 bridgehead atoms. The highest BCUT2D eigenvalue weighted by Crippen LogP contribution is 1.78. The van der Waals surface area contributed by atoms with Crippen LogP contribution in [0.2, 0.25) is 0 Å². The lowest BCUT2D eigenvalue weighted by Crippen LogP contribution is -1.91. The molecule has 3 nitrogen and oxygen atoms in total. The van der Waals surface area contributed by atoms with E-state index in [1.165, 1.54) is 0 Å². The molecule has 0 saturated heterocycles. The van der Waals surface area contributed by atoms with E-state index in [4.69, 9.17) is 10.2 Å². The van der Waals surface area contributed by atoms with Crippen molar-refractivity contribution < 1.29 is 14.9 Å². The van der Waals surface area contributed by atoms with Gasteiger partial charge in [-0.25, -0.2) is 0 Å². The van der Waals surface area contributed by atoms with Gasteiger partial charge >= 0.3 is 0 Å². The normalized spacial score (nSPS) is 8.40. The molecular formula is C7H18O3. The molecule has 10 heavy (non-hydrogen) atoms. The number of aliphatic hydroxyl groups excluding tert-OH is 2. The minimum absolute atomic E-state index is 0.122. The fraction of sp³-hybridized carbons (Fsp3) is 1.00. The third kappa shape index (κ3) is 24.8. The van der Waals surface area contributed by atoms with Crippen LogP contribution in [0.15, 0.2) is 0 Å². The Morgan fingerprint density at radius 2 is 1.80 bits per heavy atom. The fourth-order valence-electron chi connectivity index (χ4n) is 0.249. The van der Waals surface area contributed by atoms with E-state index in [0.717, 1.165) is 12.8 Å². The van der Waals surface area contributed by atoms with E-state index < -0.39 is 0 Å². The summed E-state index contributed by atoms with van der Waals surface area (Å²) in [5.41, 5.74) is 0. The van der Waals surface area contributed by atoms with Crippen LogP contribution in [-0.4, -0.2) is 37.1 Å². The SMILES string of the molecule is CCCCO.COCCO. The molecule has 0 aromatic carbocycles. The molecule has 64 valence electrons. The van der Waals surface area contributed by atoms with Gasteiger partial charge in [-0.3, -0.25) is 0 Å². The van der Waals surface area contributed by atoms with Crippen LogP contribution >= 0.6 is 0 Å². The minimum atomic E-state index is 0.122. The fourth-order valence-corrected chi connectivity index (χ4v) is 0.249. The summed E-state index contributed by atoms with van der Waals surface area (Å²) in [6.45, 7) is 2.96. The number of rotatable bonds is 4. The van der Waals surface area contributed by atoms with Gasteiger partial charge in [0.15, 0.2) is 0 Å². The Morgan fingerprint density at radius 3 is 1.80 bits per heavy atom. The van der Waals surface area contributed by atoms with E-state index in [2.05, 4.69) is 11.7 Å². The monoisotopic (exact) mass is 150 g/mol. The molecule has 0 heterocycles. The lowest BCUT2D eigenvalue weighted by molar-refractivity contribution is 0.135.